The van der Waals surface area contributed by atoms with Crippen LogP contribution in [-0.2, 0) is 4.74 Å². The van der Waals surface area contributed by atoms with Gasteiger partial charge in [-0.05, 0) is 30.2 Å². The SMILES string of the molecule is CC(C)COCNC(=O)c1ccc2ncccc2c1. The summed E-state index contributed by atoms with van der Waals surface area (Å²) in [7, 11) is 0. The van der Waals surface area contributed by atoms with E-state index in [1.165, 1.54) is 0 Å². The molecule has 0 unspecified atom stereocenters. The number of aromatic nitrogens is 1. The van der Waals surface area contributed by atoms with Crippen LogP contribution in [0.3, 0.4) is 0 Å². The van der Waals surface area contributed by atoms with Crippen LogP contribution in [0.2, 0.25) is 0 Å². The van der Waals surface area contributed by atoms with Crippen LogP contribution < -0.4 is 5.32 Å². The minimum absolute atomic E-state index is 0.130. The number of carbonyl (C=O) groups excluding carboxylic acids is 1. The van der Waals surface area contributed by atoms with Crippen molar-refractivity contribution in [1.82, 2.24) is 10.3 Å². The molecule has 1 aromatic carbocycles. The van der Waals surface area contributed by atoms with Crippen molar-refractivity contribution in [3.05, 3.63) is 42.1 Å². The quantitative estimate of drug-likeness (QED) is 0.662. The summed E-state index contributed by atoms with van der Waals surface area (Å²) in [6.45, 7) is 5.01. The lowest BCUT2D eigenvalue weighted by molar-refractivity contribution is 0.0723. The van der Waals surface area contributed by atoms with E-state index >= 15 is 0 Å². The second-order valence-electron chi connectivity index (χ2n) is 4.83. The van der Waals surface area contributed by atoms with Gasteiger partial charge in [0.05, 0.1) is 12.1 Å². The van der Waals surface area contributed by atoms with Crippen LogP contribution in [0.25, 0.3) is 10.9 Å². The van der Waals surface area contributed by atoms with Crippen LogP contribution in [0.1, 0.15) is 24.2 Å². The van der Waals surface area contributed by atoms with E-state index in [9.17, 15) is 4.79 Å². The Morgan fingerprint density at radius 2 is 2.21 bits per heavy atom. The van der Waals surface area contributed by atoms with Gasteiger partial charge in [-0.25, -0.2) is 0 Å². The number of rotatable bonds is 5. The molecule has 0 bridgehead atoms. The standard InChI is InChI=1S/C15H18N2O2/c1-11(2)9-19-10-17-15(18)13-5-6-14-12(8-13)4-3-7-16-14/h3-8,11H,9-10H2,1-2H3,(H,17,18). The Kier molecular flexibility index (Phi) is 4.47. The molecule has 19 heavy (non-hydrogen) atoms. The lowest BCUT2D eigenvalue weighted by Crippen LogP contribution is -2.26. The largest absolute Gasteiger partial charge is 0.361 e. The number of amides is 1. The van der Waals surface area contributed by atoms with Crippen molar-refractivity contribution in [1.29, 1.82) is 0 Å². The molecule has 2 aromatic rings. The predicted octanol–water partition coefficient (Wildman–Crippen LogP) is 2.59. The van der Waals surface area contributed by atoms with E-state index in [2.05, 4.69) is 24.1 Å². The Hall–Kier alpha value is -1.94. The van der Waals surface area contributed by atoms with Gasteiger partial charge < -0.3 is 10.1 Å². The molecule has 1 aromatic heterocycles. The van der Waals surface area contributed by atoms with Crippen LogP contribution in [0.15, 0.2) is 36.5 Å². The number of ether oxygens (including phenoxy) is 1. The third-order valence-corrected chi connectivity index (χ3v) is 2.65. The predicted molar refractivity (Wildman–Crippen MR) is 74.9 cm³/mol. The molecular formula is C15H18N2O2. The van der Waals surface area contributed by atoms with Gasteiger partial charge in [0.1, 0.15) is 6.73 Å². The Balaban J connectivity index is 1.97. The van der Waals surface area contributed by atoms with Crippen molar-refractivity contribution in [2.75, 3.05) is 13.3 Å². The molecule has 4 heteroatoms. The van der Waals surface area contributed by atoms with Gasteiger partial charge in [0.25, 0.3) is 5.91 Å². The third-order valence-electron chi connectivity index (χ3n) is 2.65. The highest BCUT2D eigenvalue weighted by atomic mass is 16.5. The molecule has 0 aliphatic heterocycles. The highest BCUT2D eigenvalue weighted by Gasteiger charge is 2.06. The van der Waals surface area contributed by atoms with Crippen molar-refractivity contribution in [3.63, 3.8) is 0 Å². The monoisotopic (exact) mass is 258 g/mol. The molecular weight excluding hydrogens is 240 g/mol. The van der Waals surface area contributed by atoms with Crippen molar-refractivity contribution in [3.8, 4) is 0 Å². The average molecular weight is 258 g/mol. The first-order valence-corrected chi connectivity index (χ1v) is 6.37. The van der Waals surface area contributed by atoms with Crippen molar-refractivity contribution >= 4 is 16.8 Å². The van der Waals surface area contributed by atoms with Gasteiger partial charge in [0, 0.05) is 17.1 Å². The van der Waals surface area contributed by atoms with E-state index in [1.807, 2.05) is 24.3 Å². The van der Waals surface area contributed by atoms with Crippen LogP contribution in [0, 0.1) is 5.92 Å². The molecule has 0 saturated carbocycles. The number of pyridine rings is 1. The highest BCUT2D eigenvalue weighted by molar-refractivity contribution is 5.97. The second-order valence-corrected chi connectivity index (χ2v) is 4.83. The number of carbonyl (C=O) groups is 1. The zero-order chi connectivity index (χ0) is 13.7. The van der Waals surface area contributed by atoms with Gasteiger partial charge >= 0.3 is 0 Å². The highest BCUT2D eigenvalue weighted by Crippen LogP contribution is 2.13. The lowest BCUT2D eigenvalue weighted by Gasteiger charge is -2.08. The molecule has 0 aliphatic carbocycles. The molecule has 4 nitrogen and oxygen atoms in total. The molecule has 0 saturated heterocycles. The fourth-order valence-corrected chi connectivity index (χ4v) is 1.73. The molecule has 2 rings (SSSR count). The Labute approximate surface area is 112 Å². The van der Waals surface area contributed by atoms with E-state index in [-0.39, 0.29) is 12.6 Å². The van der Waals surface area contributed by atoms with Crippen LogP contribution in [-0.4, -0.2) is 24.2 Å². The van der Waals surface area contributed by atoms with Gasteiger partial charge in [-0.1, -0.05) is 19.9 Å². The number of hydrogen-bond donors (Lipinski definition) is 1. The van der Waals surface area contributed by atoms with E-state index in [4.69, 9.17) is 4.74 Å². The minimum Gasteiger partial charge on any atom is -0.361 e. The lowest BCUT2D eigenvalue weighted by atomic mass is 10.1. The van der Waals surface area contributed by atoms with E-state index in [1.54, 1.807) is 12.3 Å². The van der Waals surface area contributed by atoms with Crippen molar-refractivity contribution in [2.24, 2.45) is 5.92 Å². The maximum absolute atomic E-state index is 11.9. The number of nitrogens with zero attached hydrogens (tertiary/aromatic N) is 1. The van der Waals surface area contributed by atoms with Crippen LogP contribution >= 0.6 is 0 Å². The van der Waals surface area contributed by atoms with Gasteiger partial charge in [-0.3, -0.25) is 9.78 Å². The summed E-state index contributed by atoms with van der Waals surface area (Å²) in [6, 6.07) is 9.25. The number of benzene rings is 1. The first-order chi connectivity index (χ1) is 9.16. The summed E-state index contributed by atoms with van der Waals surface area (Å²) < 4.78 is 5.33. The maximum Gasteiger partial charge on any atom is 0.253 e. The molecule has 1 heterocycles. The van der Waals surface area contributed by atoms with E-state index in [0.717, 1.165) is 10.9 Å². The molecule has 0 radical (unpaired) electrons. The number of nitrogens with one attached hydrogen (secondary N) is 1. The van der Waals surface area contributed by atoms with E-state index in [0.29, 0.717) is 18.1 Å². The molecule has 1 N–H and O–H groups in total. The topological polar surface area (TPSA) is 51.2 Å². The average Bonchev–Trinajstić information content (AvgIpc) is 2.42. The van der Waals surface area contributed by atoms with E-state index < -0.39 is 0 Å². The van der Waals surface area contributed by atoms with Gasteiger partial charge in [-0.15, -0.1) is 0 Å². The second kappa shape index (κ2) is 6.29. The molecule has 0 fully saturated rings. The molecule has 100 valence electrons. The Bertz CT molecular complexity index is 567. The van der Waals surface area contributed by atoms with Gasteiger partial charge in [-0.2, -0.15) is 0 Å². The summed E-state index contributed by atoms with van der Waals surface area (Å²) in [5, 5.41) is 3.69. The third kappa shape index (κ3) is 3.76. The minimum atomic E-state index is -0.130. The summed E-state index contributed by atoms with van der Waals surface area (Å²) >= 11 is 0. The molecule has 0 aliphatic rings. The summed E-state index contributed by atoms with van der Waals surface area (Å²) in [4.78, 5) is 16.1. The summed E-state index contributed by atoms with van der Waals surface area (Å²) in [5.41, 5.74) is 1.50. The van der Waals surface area contributed by atoms with Crippen LogP contribution in [0.4, 0.5) is 0 Å². The molecule has 0 spiro atoms. The normalized spacial score (nSPS) is 10.9. The fourth-order valence-electron chi connectivity index (χ4n) is 1.73. The maximum atomic E-state index is 11.9. The smallest absolute Gasteiger partial charge is 0.253 e. The first kappa shape index (κ1) is 13.5. The molecule has 0 atom stereocenters. The summed E-state index contributed by atoms with van der Waals surface area (Å²) in [5.74, 6) is 0.332. The van der Waals surface area contributed by atoms with Crippen LogP contribution in [0.5, 0.6) is 0 Å². The van der Waals surface area contributed by atoms with Gasteiger partial charge in [0.15, 0.2) is 0 Å². The fraction of sp³-hybridized carbons (Fsp3) is 0.333. The first-order valence-electron chi connectivity index (χ1n) is 6.37. The Morgan fingerprint density at radius 1 is 1.37 bits per heavy atom. The number of fused-ring (bicyclic) bond motifs is 1. The van der Waals surface area contributed by atoms with Crippen molar-refractivity contribution < 1.29 is 9.53 Å². The summed E-state index contributed by atoms with van der Waals surface area (Å²) in [6.07, 6.45) is 1.74. The molecule has 1 amide bonds. The Morgan fingerprint density at radius 3 is 3.00 bits per heavy atom. The van der Waals surface area contributed by atoms with Gasteiger partial charge in [0.2, 0.25) is 0 Å². The zero-order valence-electron chi connectivity index (χ0n) is 11.2. The zero-order valence-corrected chi connectivity index (χ0v) is 11.2. The number of hydrogen-bond acceptors (Lipinski definition) is 3. The van der Waals surface area contributed by atoms with Crippen molar-refractivity contribution in [2.45, 2.75) is 13.8 Å².